The second-order valence-corrected chi connectivity index (χ2v) is 3.04. The van der Waals surface area contributed by atoms with Gasteiger partial charge in [0.25, 0.3) is 0 Å². The van der Waals surface area contributed by atoms with Crippen molar-refractivity contribution in [1.29, 1.82) is 0 Å². The third kappa shape index (κ3) is 2.18. The molecular weight excluding hydrogens is 208 g/mol. The molecule has 2 rings (SSSR count). The van der Waals surface area contributed by atoms with E-state index in [0.717, 1.165) is 10.9 Å². The number of para-hydroxylation sites is 1. The lowest BCUT2D eigenvalue weighted by Crippen LogP contribution is -1.94. The van der Waals surface area contributed by atoms with Gasteiger partial charge >= 0.3 is 0 Å². The van der Waals surface area contributed by atoms with Crippen LogP contribution in [0.2, 0.25) is 0 Å². The standard InChI is InChI=1S/C11H8N2OS/c15-8-12-7-14-10-5-1-3-9-4-2-6-13-11(9)10/h1-6H,7H2. The SMILES string of the molecule is S=C=NCOc1cccc2cccnc12. The summed E-state index contributed by atoms with van der Waals surface area (Å²) in [5, 5.41) is 3.29. The van der Waals surface area contributed by atoms with E-state index in [1.807, 2.05) is 30.3 Å². The summed E-state index contributed by atoms with van der Waals surface area (Å²) in [7, 11) is 0. The van der Waals surface area contributed by atoms with Crippen LogP contribution in [0, 0.1) is 0 Å². The maximum absolute atomic E-state index is 5.40. The van der Waals surface area contributed by atoms with Crippen LogP contribution >= 0.6 is 12.2 Å². The Morgan fingerprint density at radius 2 is 2.20 bits per heavy atom. The molecule has 1 aromatic heterocycles. The van der Waals surface area contributed by atoms with Crippen molar-refractivity contribution < 1.29 is 4.74 Å². The van der Waals surface area contributed by atoms with Crippen LogP contribution in [0.4, 0.5) is 0 Å². The van der Waals surface area contributed by atoms with Crippen molar-refractivity contribution in [2.45, 2.75) is 0 Å². The van der Waals surface area contributed by atoms with Crippen LogP contribution in [0.15, 0.2) is 41.5 Å². The van der Waals surface area contributed by atoms with Gasteiger partial charge in [-0.2, -0.15) is 4.99 Å². The van der Waals surface area contributed by atoms with Gasteiger partial charge in [-0.3, -0.25) is 4.98 Å². The Hall–Kier alpha value is -1.77. The average molecular weight is 216 g/mol. The van der Waals surface area contributed by atoms with Crippen molar-refractivity contribution in [2.75, 3.05) is 6.73 Å². The number of aliphatic imine (C=N–C) groups is 1. The molecule has 4 heteroatoms. The molecule has 0 aliphatic carbocycles. The number of aromatic nitrogens is 1. The monoisotopic (exact) mass is 216 g/mol. The smallest absolute Gasteiger partial charge is 0.188 e. The summed E-state index contributed by atoms with van der Waals surface area (Å²) in [6, 6.07) is 9.63. The van der Waals surface area contributed by atoms with Crippen LogP contribution in [0.5, 0.6) is 5.75 Å². The van der Waals surface area contributed by atoms with E-state index in [4.69, 9.17) is 4.74 Å². The van der Waals surface area contributed by atoms with Crippen LogP contribution in [0.25, 0.3) is 10.9 Å². The van der Waals surface area contributed by atoms with Crippen LogP contribution in [-0.2, 0) is 0 Å². The Morgan fingerprint density at radius 3 is 3.07 bits per heavy atom. The zero-order valence-electron chi connectivity index (χ0n) is 7.88. The minimum atomic E-state index is 0.180. The third-order valence-electron chi connectivity index (χ3n) is 1.94. The summed E-state index contributed by atoms with van der Waals surface area (Å²) in [6.45, 7) is 0.180. The first-order valence-electron chi connectivity index (χ1n) is 4.42. The van der Waals surface area contributed by atoms with Gasteiger partial charge in [-0.25, -0.2) is 0 Å². The predicted molar refractivity (Wildman–Crippen MR) is 62.3 cm³/mol. The van der Waals surface area contributed by atoms with Gasteiger partial charge in [0.15, 0.2) is 6.73 Å². The minimum absolute atomic E-state index is 0.180. The number of hydrogen-bond acceptors (Lipinski definition) is 4. The molecule has 1 aromatic carbocycles. The van der Waals surface area contributed by atoms with Crippen molar-refractivity contribution >= 4 is 28.3 Å². The fourth-order valence-electron chi connectivity index (χ4n) is 1.32. The lowest BCUT2D eigenvalue weighted by molar-refractivity contribution is 0.336. The summed E-state index contributed by atoms with van der Waals surface area (Å²) in [4.78, 5) is 7.94. The Morgan fingerprint density at radius 1 is 1.33 bits per heavy atom. The van der Waals surface area contributed by atoms with E-state index in [-0.39, 0.29) is 6.73 Å². The van der Waals surface area contributed by atoms with Crippen LogP contribution in [-0.4, -0.2) is 16.9 Å². The van der Waals surface area contributed by atoms with Crippen molar-refractivity contribution in [3.8, 4) is 5.75 Å². The Balaban J connectivity index is 2.37. The largest absolute Gasteiger partial charge is 0.468 e. The summed E-state index contributed by atoms with van der Waals surface area (Å²) >= 11 is 4.45. The molecule has 0 aliphatic rings. The molecule has 0 unspecified atom stereocenters. The summed E-state index contributed by atoms with van der Waals surface area (Å²) in [6.07, 6.45) is 1.73. The quantitative estimate of drug-likeness (QED) is 0.584. The van der Waals surface area contributed by atoms with Crippen LogP contribution in [0.3, 0.4) is 0 Å². The number of pyridine rings is 1. The molecule has 0 spiro atoms. The summed E-state index contributed by atoms with van der Waals surface area (Å²) in [5.41, 5.74) is 0.833. The zero-order valence-corrected chi connectivity index (χ0v) is 8.70. The van der Waals surface area contributed by atoms with Crippen molar-refractivity contribution in [1.82, 2.24) is 4.98 Å². The van der Waals surface area contributed by atoms with E-state index in [0.29, 0.717) is 5.75 Å². The van der Waals surface area contributed by atoms with Crippen molar-refractivity contribution in [3.05, 3.63) is 36.5 Å². The molecule has 0 atom stereocenters. The Labute approximate surface area is 92.4 Å². The highest BCUT2D eigenvalue weighted by atomic mass is 32.1. The lowest BCUT2D eigenvalue weighted by atomic mass is 10.2. The molecule has 74 valence electrons. The van der Waals surface area contributed by atoms with Gasteiger partial charge in [-0.05, 0) is 24.4 Å². The third-order valence-corrected chi connectivity index (χ3v) is 2.07. The fraction of sp³-hybridized carbons (Fsp3) is 0.0909. The number of ether oxygens (including phenoxy) is 1. The van der Waals surface area contributed by atoms with Gasteiger partial charge in [-0.1, -0.05) is 18.2 Å². The minimum Gasteiger partial charge on any atom is -0.468 e. The highest BCUT2D eigenvalue weighted by Crippen LogP contribution is 2.22. The molecule has 0 bridgehead atoms. The number of isothiocyanates is 1. The lowest BCUT2D eigenvalue weighted by Gasteiger charge is -2.04. The molecule has 0 N–H and O–H groups in total. The molecule has 0 fully saturated rings. The maximum atomic E-state index is 5.40. The first-order chi connectivity index (χ1) is 7.42. The van der Waals surface area contributed by atoms with Crippen LogP contribution in [0.1, 0.15) is 0 Å². The Bertz CT molecular complexity index is 515. The number of thiocarbonyl (C=S) groups is 1. The van der Waals surface area contributed by atoms with E-state index >= 15 is 0 Å². The van der Waals surface area contributed by atoms with Crippen molar-refractivity contribution in [3.63, 3.8) is 0 Å². The number of nitrogens with zero attached hydrogens (tertiary/aromatic N) is 2. The molecule has 0 amide bonds. The van der Waals surface area contributed by atoms with E-state index in [9.17, 15) is 0 Å². The van der Waals surface area contributed by atoms with Crippen molar-refractivity contribution in [2.24, 2.45) is 4.99 Å². The van der Waals surface area contributed by atoms with E-state index < -0.39 is 0 Å². The number of hydrogen-bond donors (Lipinski definition) is 0. The summed E-state index contributed by atoms with van der Waals surface area (Å²) in [5.74, 6) is 0.710. The number of benzene rings is 1. The molecular formula is C11H8N2OS. The van der Waals surface area contributed by atoms with Gasteiger partial charge in [0, 0.05) is 11.6 Å². The van der Waals surface area contributed by atoms with Gasteiger partial charge in [-0.15, -0.1) is 0 Å². The topological polar surface area (TPSA) is 34.5 Å². The van der Waals surface area contributed by atoms with E-state index in [1.54, 1.807) is 6.20 Å². The highest BCUT2D eigenvalue weighted by Gasteiger charge is 2.00. The first kappa shape index (κ1) is 9.77. The van der Waals surface area contributed by atoms with E-state index in [1.165, 1.54) is 0 Å². The molecule has 3 nitrogen and oxygen atoms in total. The maximum Gasteiger partial charge on any atom is 0.188 e. The van der Waals surface area contributed by atoms with Gasteiger partial charge in [0.05, 0.1) is 5.16 Å². The normalized spacial score (nSPS) is 9.60. The number of rotatable bonds is 3. The van der Waals surface area contributed by atoms with Crippen LogP contribution < -0.4 is 4.74 Å². The first-order valence-corrected chi connectivity index (χ1v) is 4.83. The van der Waals surface area contributed by atoms with E-state index in [2.05, 4.69) is 27.4 Å². The molecule has 0 saturated heterocycles. The average Bonchev–Trinajstić information content (AvgIpc) is 2.30. The molecule has 1 heterocycles. The fourth-order valence-corrected chi connectivity index (χ4v) is 1.37. The second kappa shape index (κ2) is 4.64. The molecule has 0 radical (unpaired) electrons. The second-order valence-electron chi connectivity index (χ2n) is 2.85. The molecule has 0 saturated carbocycles. The van der Waals surface area contributed by atoms with Gasteiger partial charge in [0.1, 0.15) is 11.3 Å². The molecule has 15 heavy (non-hydrogen) atoms. The molecule has 2 aromatic rings. The highest BCUT2D eigenvalue weighted by molar-refractivity contribution is 7.78. The number of fused-ring (bicyclic) bond motifs is 1. The zero-order chi connectivity index (χ0) is 10.5. The summed E-state index contributed by atoms with van der Waals surface area (Å²) < 4.78 is 5.40. The Kier molecular flexibility index (Phi) is 3.02. The predicted octanol–water partition coefficient (Wildman–Crippen LogP) is 2.67. The van der Waals surface area contributed by atoms with Gasteiger partial charge in [0.2, 0.25) is 0 Å². The van der Waals surface area contributed by atoms with Gasteiger partial charge < -0.3 is 4.74 Å². The molecule has 0 aliphatic heterocycles.